The first-order chi connectivity index (χ1) is 16.3. The maximum absolute atomic E-state index is 6.04. The first kappa shape index (κ1) is 22.8. The Balaban J connectivity index is 1.31. The summed E-state index contributed by atoms with van der Waals surface area (Å²) in [5, 5.41) is 6.60. The fraction of sp³-hybridized carbons (Fsp3) is 0.400. The maximum Gasteiger partial charge on any atom is 0.229 e. The molecular weight excluding hydrogens is 416 g/mol. The molecule has 0 saturated carbocycles. The number of likely N-dealkylation sites (tertiary alicyclic amines) is 1. The standard InChI is InChI=1S/C25H32N6O2/c1-32-22-8-7-21(18-23(22)33-17-5-16-31-14-2-3-15-31)29-25-28-13-10-24(30-25)27-12-9-20-6-4-11-26-19-20/h4,6-8,10-11,13,18-19H,2-3,5,9,12,14-17H2,1H3,(H2,27,28,29,30). The van der Waals surface area contributed by atoms with Crippen molar-refractivity contribution in [1.82, 2.24) is 19.9 Å². The van der Waals surface area contributed by atoms with Crippen LogP contribution in [0.1, 0.15) is 24.8 Å². The Morgan fingerprint density at radius 1 is 1.06 bits per heavy atom. The zero-order chi connectivity index (χ0) is 22.7. The summed E-state index contributed by atoms with van der Waals surface area (Å²) in [7, 11) is 1.66. The van der Waals surface area contributed by atoms with E-state index in [1.165, 1.54) is 31.5 Å². The van der Waals surface area contributed by atoms with Gasteiger partial charge in [-0.05, 0) is 68.6 Å². The third-order valence-electron chi connectivity index (χ3n) is 5.59. The molecule has 0 aliphatic carbocycles. The van der Waals surface area contributed by atoms with Crippen molar-refractivity contribution in [2.75, 3.05) is 50.5 Å². The number of pyridine rings is 1. The Morgan fingerprint density at radius 2 is 1.97 bits per heavy atom. The van der Waals surface area contributed by atoms with Crippen molar-refractivity contribution in [2.45, 2.75) is 25.7 Å². The number of hydrogen-bond donors (Lipinski definition) is 2. The molecule has 2 aromatic heterocycles. The summed E-state index contributed by atoms with van der Waals surface area (Å²) >= 11 is 0. The lowest BCUT2D eigenvalue weighted by atomic mass is 10.2. The second kappa shape index (κ2) is 12.0. The van der Waals surface area contributed by atoms with E-state index in [0.717, 1.165) is 43.2 Å². The highest BCUT2D eigenvalue weighted by molar-refractivity contribution is 5.60. The minimum Gasteiger partial charge on any atom is -0.493 e. The average Bonchev–Trinajstić information content (AvgIpc) is 3.37. The van der Waals surface area contributed by atoms with E-state index >= 15 is 0 Å². The van der Waals surface area contributed by atoms with Gasteiger partial charge in [0.1, 0.15) is 5.82 Å². The second-order valence-electron chi connectivity index (χ2n) is 8.04. The summed E-state index contributed by atoms with van der Waals surface area (Å²) in [5.74, 6) is 2.72. The number of hydrogen-bond acceptors (Lipinski definition) is 8. The quantitative estimate of drug-likeness (QED) is 0.400. The first-order valence-electron chi connectivity index (χ1n) is 11.6. The predicted molar refractivity (Wildman–Crippen MR) is 131 cm³/mol. The van der Waals surface area contributed by atoms with Crippen molar-refractivity contribution in [3.63, 3.8) is 0 Å². The van der Waals surface area contributed by atoms with Crippen molar-refractivity contribution in [2.24, 2.45) is 0 Å². The van der Waals surface area contributed by atoms with E-state index in [0.29, 0.717) is 18.3 Å². The van der Waals surface area contributed by atoms with Gasteiger partial charge in [0.05, 0.1) is 13.7 Å². The summed E-state index contributed by atoms with van der Waals surface area (Å²) in [6.07, 6.45) is 9.89. The number of rotatable bonds is 12. The van der Waals surface area contributed by atoms with Crippen LogP contribution in [0.25, 0.3) is 0 Å². The minimum atomic E-state index is 0.520. The van der Waals surface area contributed by atoms with Gasteiger partial charge in [0.2, 0.25) is 5.95 Å². The van der Waals surface area contributed by atoms with E-state index in [4.69, 9.17) is 9.47 Å². The van der Waals surface area contributed by atoms with E-state index in [-0.39, 0.29) is 0 Å². The Labute approximate surface area is 195 Å². The summed E-state index contributed by atoms with van der Waals surface area (Å²) < 4.78 is 11.5. The van der Waals surface area contributed by atoms with Crippen molar-refractivity contribution < 1.29 is 9.47 Å². The van der Waals surface area contributed by atoms with Crippen LogP contribution in [0.2, 0.25) is 0 Å². The van der Waals surface area contributed by atoms with Crippen LogP contribution >= 0.6 is 0 Å². The number of nitrogens with zero attached hydrogens (tertiary/aromatic N) is 4. The van der Waals surface area contributed by atoms with Crippen LogP contribution in [0, 0.1) is 0 Å². The third kappa shape index (κ3) is 7.05. The molecule has 0 radical (unpaired) electrons. The Bertz CT molecular complexity index is 995. The molecule has 3 aromatic rings. The van der Waals surface area contributed by atoms with E-state index in [2.05, 4.69) is 36.6 Å². The third-order valence-corrected chi connectivity index (χ3v) is 5.59. The molecule has 8 heteroatoms. The number of methoxy groups -OCH3 is 1. The SMILES string of the molecule is COc1ccc(Nc2nccc(NCCc3cccnc3)n2)cc1OCCCN1CCCC1. The zero-order valence-electron chi connectivity index (χ0n) is 19.2. The monoisotopic (exact) mass is 448 g/mol. The maximum atomic E-state index is 6.04. The van der Waals surface area contributed by atoms with E-state index in [1.807, 2.05) is 36.5 Å². The van der Waals surface area contributed by atoms with Crippen molar-refractivity contribution >= 4 is 17.5 Å². The molecule has 2 N–H and O–H groups in total. The molecule has 33 heavy (non-hydrogen) atoms. The summed E-state index contributed by atoms with van der Waals surface area (Å²) in [6, 6.07) is 11.6. The molecule has 1 aliphatic rings. The van der Waals surface area contributed by atoms with Crippen molar-refractivity contribution in [3.05, 3.63) is 60.6 Å². The molecule has 8 nitrogen and oxygen atoms in total. The van der Waals surface area contributed by atoms with Gasteiger partial charge in [-0.15, -0.1) is 0 Å². The summed E-state index contributed by atoms with van der Waals surface area (Å²) in [5.41, 5.74) is 2.03. The average molecular weight is 449 g/mol. The molecule has 3 heterocycles. The van der Waals surface area contributed by atoms with Crippen LogP contribution in [0.15, 0.2) is 55.0 Å². The van der Waals surface area contributed by atoms with Crippen LogP contribution in [0.4, 0.5) is 17.5 Å². The van der Waals surface area contributed by atoms with Gasteiger partial charge >= 0.3 is 0 Å². The Morgan fingerprint density at radius 3 is 2.79 bits per heavy atom. The lowest BCUT2D eigenvalue weighted by Gasteiger charge is -2.16. The van der Waals surface area contributed by atoms with E-state index < -0.39 is 0 Å². The highest BCUT2D eigenvalue weighted by atomic mass is 16.5. The molecule has 1 aliphatic heterocycles. The molecule has 1 saturated heterocycles. The molecule has 0 bridgehead atoms. The lowest BCUT2D eigenvalue weighted by molar-refractivity contribution is 0.254. The molecule has 0 spiro atoms. The van der Waals surface area contributed by atoms with Crippen LogP contribution in [0.3, 0.4) is 0 Å². The van der Waals surface area contributed by atoms with Crippen LogP contribution in [-0.4, -0.2) is 59.7 Å². The highest BCUT2D eigenvalue weighted by Gasteiger charge is 2.11. The van der Waals surface area contributed by atoms with Gasteiger partial charge in [-0.3, -0.25) is 4.98 Å². The van der Waals surface area contributed by atoms with Crippen LogP contribution in [-0.2, 0) is 6.42 Å². The van der Waals surface area contributed by atoms with Crippen LogP contribution < -0.4 is 20.1 Å². The predicted octanol–water partition coefficient (Wildman–Crippen LogP) is 4.14. The fourth-order valence-corrected chi connectivity index (χ4v) is 3.87. The summed E-state index contributed by atoms with van der Waals surface area (Å²) in [4.78, 5) is 15.5. The molecule has 0 atom stereocenters. The van der Waals surface area contributed by atoms with Gasteiger partial charge in [-0.1, -0.05) is 6.07 Å². The van der Waals surface area contributed by atoms with Crippen LogP contribution in [0.5, 0.6) is 11.5 Å². The molecule has 0 amide bonds. The number of benzene rings is 1. The topological polar surface area (TPSA) is 84.4 Å². The normalized spacial score (nSPS) is 13.6. The van der Waals surface area contributed by atoms with E-state index in [9.17, 15) is 0 Å². The second-order valence-corrected chi connectivity index (χ2v) is 8.04. The first-order valence-corrected chi connectivity index (χ1v) is 11.6. The smallest absolute Gasteiger partial charge is 0.229 e. The molecule has 1 aromatic carbocycles. The fourth-order valence-electron chi connectivity index (χ4n) is 3.87. The van der Waals surface area contributed by atoms with Gasteiger partial charge in [0.15, 0.2) is 11.5 Å². The number of ether oxygens (including phenoxy) is 2. The molecule has 174 valence electrons. The van der Waals surface area contributed by atoms with Gasteiger partial charge in [-0.25, -0.2) is 4.98 Å². The number of anilines is 3. The van der Waals surface area contributed by atoms with Gasteiger partial charge < -0.3 is 25.0 Å². The highest BCUT2D eigenvalue weighted by Crippen LogP contribution is 2.31. The molecular formula is C25H32N6O2. The molecule has 1 fully saturated rings. The van der Waals surface area contributed by atoms with Gasteiger partial charge in [0, 0.05) is 43.4 Å². The minimum absolute atomic E-state index is 0.520. The van der Waals surface area contributed by atoms with Gasteiger partial charge in [-0.2, -0.15) is 4.98 Å². The van der Waals surface area contributed by atoms with Gasteiger partial charge in [0.25, 0.3) is 0 Å². The van der Waals surface area contributed by atoms with E-state index in [1.54, 1.807) is 19.5 Å². The lowest BCUT2D eigenvalue weighted by Crippen LogP contribution is -2.21. The molecule has 0 unspecified atom stereocenters. The number of aromatic nitrogens is 3. The number of nitrogens with one attached hydrogen (secondary N) is 2. The Kier molecular flexibility index (Phi) is 8.30. The van der Waals surface area contributed by atoms with Crippen molar-refractivity contribution in [3.8, 4) is 11.5 Å². The Hall–Kier alpha value is -3.39. The molecule has 4 rings (SSSR count). The van der Waals surface area contributed by atoms with Crippen molar-refractivity contribution in [1.29, 1.82) is 0 Å². The largest absolute Gasteiger partial charge is 0.493 e. The zero-order valence-corrected chi connectivity index (χ0v) is 19.2. The summed E-state index contributed by atoms with van der Waals surface area (Å²) in [6.45, 7) is 4.91.